The SMILES string of the molecule is CCCCC(=O)CC(=O)SCCNC(=O)CCNC(=O)[C@H](O)C(C)(C)COP(=O)(O)OP(=O)(O)OC[C@H]1O[C@@H](n2cnc3c(N)ncnc32)[C@H](O)[C@@H]1OP(=O)(O)O. The van der Waals surface area contributed by atoms with Crippen LogP contribution in [0.1, 0.15) is 59.1 Å². The minimum Gasteiger partial charge on any atom is -0.386 e. The number of aromatic nitrogens is 4. The number of amides is 2. The molecule has 2 aromatic heterocycles. The zero-order valence-electron chi connectivity index (χ0n) is 30.8. The lowest BCUT2D eigenvalue weighted by Crippen LogP contribution is -2.46. The number of rotatable bonds is 24. The number of carbonyl (C=O) groups excluding carboxylic acids is 4. The van der Waals surface area contributed by atoms with E-state index in [1.54, 1.807) is 0 Å². The Balaban J connectivity index is 1.47. The summed E-state index contributed by atoms with van der Waals surface area (Å²) in [5.41, 5.74) is 4.23. The number of aliphatic hydroxyl groups excluding tert-OH is 2. The number of unbranched alkanes of at least 4 members (excludes halogenated alkanes) is 1. The number of aliphatic hydroxyl groups is 2. The monoisotopic (exact) mass is 893 g/mol. The molecule has 1 aliphatic rings. The number of fused-ring (bicyclic) bond motifs is 1. The summed E-state index contributed by atoms with van der Waals surface area (Å²) < 4.78 is 62.0. The minimum atomic E-state index is -5.58. The van der Waals surface area contributed by atoms with E-state index in [9.17, 15) is 62.7 Å². The number of ether oxygens (including phenoxy) is 1. The van der Waals surface area contributed by atoms with Crippen molar-refractivity contribution < 1.29 is 85.3 Å². The molecule has 2 amide bonds. The van der Waals surface area contributed by atoms with Gasteiger partial charge in [-0.25, -0.2) is 28.6 Å². The molecule has 2 aromatic rings. The number of Topliss-reactive ketones (excluding diaryl/α,β-unsaturated/α-hetero) is 1. The second kappa shape index (κ2) is 21.0. The second-order valence-corrected chi connectivity index (χ2v) is 18.5. The first-order valence-electron chi connectivity index (χ1n) is 17.0. The molecule has 25 nitrogen and oxygen atoms in total. The van der Waals surface area contributed by atoms with Gasteiger partial charge in [0, 0.05) is 37.1 Å². The molecule has 0 bridgehead atoms. The Morgan fingerprint density at radius 2 is 1.72 bits per heavy atom. The zero-order valence-corrected chi connectivity index (χ0v) is 34.3. The van der Waals surface area contributed by atoms with Crippen molar-refractivity contribution in [3.63, 3.8) is 0 Å². The number of phosphoric acid groups is 3. The molecule has 0 saturated carbocycles. The predicted molar refractivity (Wildman–Crippen MR) is 196 cm³/mol. The van der Waals surface area contributed by atoms with Crippen molar-refractivity contribution in [3.05, 3.63) is 12.7 Å². The molecule has 1 saturated heterocycles. The largest absolute Gasteiger partial charge is 0.481 e. The van der Waals surface area contributed by atoms with Gasteiger partial charge in [0.05, 0.1) is 26.0 Å². The van der Waals surface area contributed by atoms with E-state index in [0.717, 1.165) is 35.4 Å². The molecule has 57 heavy (non-hydrogen) atoms. The standard InChI is InChI=1S/C28H46N7O18P3S/c1-4-5-6-16(36)11-19(38)57-10-9-30-18(37)7-8-31-26(41)23(40)28(2,3)13-50-56(47,48)53-55(45,46)49-12-17-22(52-54(42,43)44)21(39)27(51-17)35-15-34-20-24(29)32-14-33-25(20)35/h14-15,17,21-23,27,39-40H,4-13H2,1-3H3,(H,30,37)(H,31,41)(H,45,46)(H,47,48)(H2,29,32,33)(H2,42,43,44)/t17-,21-,22-,23+,27-/m1/s1. The van der Waals surface area contributed by atoms with Crippen LogP contribution in [0.5, 0.6) is 0 Å². The van der Waals surface area contributed by atoms with Gasteiger partial charge in [-0.05, 0) is 6.42 Å². The lowest BCUT2D eigenvalue weighted by atomic mass is 9.87. The van der Waals surface area contributed by atoms with Gasteiger partial charge < -0.3 is 50.9 Å². The van der Waals surface area contributed by atoms with E-state index in [0.29, 0.717) is 12.8 Å². The van der Waals surface area contributed by atoms with Crippen LogP contribution in [0.4, 0.5) is 5.82 Å². The Morgan fingerprint density at radius 1 is 1.04 bits per heavy atom. The molecule has 0 aromatic carbocycles. The highest BCUT2D eigenvalue weighted by Crippen LogP contribution is 2.61. The van der Waals surface area contributed by atoms with Crippen LogP contribution in [0.2, 0.25) is 0 Å². The second-order valence-electron chi connectivity index (χ2n) is 13.1. The summed E-state index contributed by atoms with van der Waals surface area (Å²) in [7, 11) is -16.4. The van der Waals surface area contributed by atoms with E-state index < -0.39 is 84.6 Å². The third kappa shape index (κ3) is 15.4. The first-order chi connectivity index (χ1) is 26.4. The smallest absolute Gasteiger partial charge is 0.386 e. The van der Waals surface area contributed by atoms with E-state index in [-0.39, 0.29) is 59.6 Å². The maximum atomic E-state index is 12.7. The van der Waals surface area contributed by atoms with Crippen molar-refractivity contribution in [2.45, 2.75) is 83.5 Å². The van der Waals surface area contributed by atoms with Gasteiger partial charge in [-0.3, -0.25) is 37.3 Å². The lowest BCUT2D eigenvalue weighted by Gasteiger charge is -2.30. The number of thioether (sulfide) groups is 1. The summed E-state index contributed by atoms with van der Waals surface area (Å²) in [6.07, 6.45) is -5.31. The third-order valence-electron chi connectivity index (χ3n) is 7.92. The van der Waals surface area contributed by atoms with Crippen molar-refractivity contribution in [3.8, 4) is 0 Å². The van der Waals surface area contributed by atoms with Gasteiger partial charge in [-0.1, -0.05) is 39.0 Å². The van der Waals surface area contributed by atoms with Crippen LogP contribution in [-0.4, -0.2) is 128 Å². The fourth-order valence-corrected chi connectivity index (χ4v) is 8.49. The molecule has 10 N–H and O–H groups in total. The van der Waals surface area contributed by atoms with Gasteiger partial charge in [0.15, 0.2) is 22.8 Å². The van der Waals surface area contributed by atoms with Gasteiger partial charge in [-0.15, -0.1) is 0 Å². The van der Waals surface area contributed by atoms with Gasteiger partial charge >= 0.3 is 23.5 Å². The van der Waals surface area contributed by atoms with Crippen molar-refractivity contribution in [1.29, 1.82) is 0 Å². The molecule has 0 radical (unpaired) electrons. The normalized spacial score (nSPS) is 21.4. The molecule has 0 spiro atoms. The summed E-state index contributed by atoms with van der Waals surface area (Å²) >= 11 is 0.911. The van der Waals surface area contributed by atoms with Crippen LogP contribution in [-0.2, 0) is 55.5 Å². The highest BCUT2D eigenvalue weighted by molar-refractivity contribution is 8.13. The third-order valence-corrected chi connectivity index (χ3v) is 11.9. The fraction of sp³-hybridized carbons (Fsp3) is 0.679. The van der Waals surface area contributed by atoms with Crippen LogP contribution in [0.3, 0.4) is 0 Å². The number of nitrogens with zero attached hydrogens (tertiary/aromatic N) is 4. The zero-order chi connectivity index (χ0) is 42.8. The number of nitrogen functional groups attached to an aromatic ring is 1. The number of phosphoric ester groups is 3. The predicted octanol–water partition coefficient (Wildman–Crippen LogP) is -0.186. The molecule has 29 heteroatoms. The van der Waals surface area contributed by atoms with Gasteiger partial charge in [0.2, 0.25) is 11.8 Å². The van der Waals surface area contributed by atoms with Crippen LogP contribution in [0.15, 0.2) is 12.7 Å². The number of hydrogen-bond donors (Lipinski definition) is 9. The van der Waals surface area contributed by atoms with E-state index in [1.807, 2.05) is 6.92 Å². The van der Waals surface area contributed by atoms with Crippen LogP contribution >= 0.6 is 35.2 Å². The Bertz CT molecular complexity index is 1880. The maximum absolute atomic E-state index is 12.7. The molecule has 7 atom stereocenters. The number of imidazole rings is 1. The van der Waals surface area contributed by atoms with Gasteiger partial charge in [0.25, 0.3) is 0 Å². The number of ketones is 1. The number of carbonyl (C=O) groups is 4. The number of hydrogen-bond acceptors (Lipinski definition) is 19. The Hall–Kier alpha value is -2.77. The van der Waals surface area contributed by atoms with E-state index in [2.05, 4.69) is 34.4 Å². The molecule has 0 aliphatic carbocycles. The first kappa shape index (κ1) is 48.6. The highest BCUT2D eigenvalue weighted by Gasteiger charge is 2.50. The van der Waals surface area contributed by atoms with E-state index in [1.165, 1.54) is 13.8 Å². The molecular formula is C28H46N7O18P3S. The molecule has 3 rings (SSSR count). The van der Waals surface area contributed by atoms with E-state index >= 15 is 0 Å². The summed E-state index contributed by atoms with van der Waals surface area (Å²) in [6, 6.07) is 0. The van der Waals surface area contributed by atoms with Crippen molar-refractivity contribution >= 4 is 74.9 Å². The first-order valence-corrected chi connectivity index (χ1v) is 22.5. The average molecular weight is 894 g/mol. The molecule has 322 valence electrons. The summed E-state index contributed by atoms with van der Waals surface area (Å²) in [5, 5.41) is 26.0. The molecule has 3 heterocycles. The molecular weight excluding hydrogens is 847 g/mol. The summed E-state index contributed by atoms with van der Waals surface area (Å²) in [4.78, 5) is 99.1. The molecule has 2 unspecified atom stereocenters. The molecule has 1 aliphatic heterocycles. The quantitative estimate of drug-likeness (QED) is 0.0375. The van der Waals surface area contributed by atoms with Crippen molar-refractivity contribution in [2.24, 2.45) is 5.41 Å². The van der Waals surface area contributed by atoms with Crippen LogP contribution in [0, 0.1) is 5.41 Å². The Kier molecular flexibility index (Phi) is 17.9. The van der Waals surface area contributed by atoms with Gasteiger partial charge in [-0.2, -0.15) is 4.31 Å². The highest BCUT2D eigenvalue weighted by atomic mass is 32.2. The fourth-order valence-electron chi connectivity index (χ4n) is 4.97. The minimum absolute atomic E-state index is 0.0247. The topological polar surface area (TPSA) is 381 Å². The maximum Gasteiger partial charge on any atom is 0.481 e. The number of anilines is 1. The Morgan fingerprint density at radius 3 is 2.39 bits per heavy atom. The van der Waals surface area contributed by atoms with Crippen LogP contribution < -0.4 is 16.4 Å². The lowest BCUT2D eigenvalue weighted by molar-refractivity contribution is -0.137. The average Bonchev–Trinajstić information content (AvgIpc) is 3.67. The van der Waals surface area contributed by atoms with Gasteiger partial charge in [0.1, 0.15) is 42.0 Å². The summed E-state index contributed by atoms with van der Waals surface area (Å²) in [6.45, 7) is 2.25. The van der Waals surface area contributed by atoms with Crippen LogP contribution in [0.25, 0.3) is 11.2 Å². The van der Waals surface area contributed by atoms with E-state index in [4.69, 9.17) is 19.5 Å². The number of nitrogens with one attached hydrogen (secondary N) is 2. The van der Waals surface area contributed by atoms with Crippen molar-refractivity contribution in [2.75, 3.05) is 37.8 Å². The molecule has 1 fully saturated rings. The Labute approximate surface area is 329 Å². The number of nitrogens with two attached hydrogens (primary N) is 1. The summed E-state index contributed by atoms with van der Waals surface area (Å²) in [5.74, 6) is -1.45. The van der Waals surface area contributed by atoms with Crippen molar-refractivity contribution in [1.82, 2.24) is 30.2 Å².